The van der Waals surface area contributed by atoms with Gasteiger partial charge in [-0.3, -0.25) is 18.6 Å². The molecule has 0 aromatic rings. The summed E-state index contributed by atoms with van der Waals surface area (Å²) in [4.78, 5) is 34.2. The Bertz CT molecular complexity index is 1190. The fraction of sp³-hybridized carbons (Fsp3) is 0.860. The monoisotopic (exact) mass is 966 g/mol. The van der Waals surface area contributed by atoms with Crippen LogP contribution in [0.2, 0.25) is 0 Å². The van der Waals surface area contributed by atoms with Gasteiger partial charge >= 0.3 is 13.8 Å². The number of carbonyl (C=O) groups is 2. The summed E-state index contributed by atoms with van der Waals surface area (Å²) in [5.41, 5.74) is 0. The fourth-order valence-electron chi connectivity index (χ4n) is 8.27. The molecule has 3 N–H and O–H groups in total. The van der Waals surface area contributed by atoms with Gasteiger partial charge in [0, 0.05) is 19.4 Å². The number of phosphoric ester groups is 1. The van der Waals surface area contributed by atoms with Gasteiger partial charge in [-0.2, -0.15) is 0 Å². The Hall–Kier alpha value is -1.77. The number of carbonyl (C=O) groups excluding carboxylic acids is 2. The molecule has 67 heavy (non-hydrogen) atoms. The van der Waals surface area contributed by atoms with Crippen molar-refractivity contribution < 1.29 is 37.9 Å². The van der Waals surface area contributed by atoms with Crippen molar-refractivity contribution in [3.05, 3.63) is 36.5 Å². The Kier molecular flexibility index (Phi) is 52.2. The Balaban J connectivity index is 3.51. The number of nitrogens with one attached hydrogen (secondary N) is 1. The minimum absolute atomic E-state index is 0.0808. The lowest BCUT2D eigenvalue weighted by Gasteiger charge is -2.15. The standard InChI is InChI=1S/C57H108NO8P/c1-3-5-7-9-11-13-15-17-19-21-23-25-27-29-31-33-35-37-39-41-43-45-47-49-56(60)58-51-52-65-67(62,63)66-54-55(59)53-64-57(61)50-48-46-44-42-40-38-36-34-32-30-28-26-24-22-20-18-16-14-12-10-8-6-4-2/h11,13,17,19,23,25,55,59H,3-10,12,14-16,18,20-22,24,26-54H2,1-2H3,(H,58,60)(H,62,63)/b13-11-,19-17-,25-23-. The number of hydrogen-bond acceptors (Lipinski definition) is 7. The second-order valence-electron chi connectivity index (χ2n) is 19.3. The summed E-state index contributed by atoms with van der Waals surface area (Å²) in [7, 11) is -4.43. The summed E-state index contributed by atoms with van der Waals surface area (Å²) >= 11 is 0. The Morgan fingerprint density at radius 2 is 0.806 bits per heavy atom. The van der Waals surface area contributed by atoms with Crippen LogP contribution in [-0.4, -0.2) is 54.3 Å². The second-order valence-corrected chi connectivity index (χ2v) is 20.7. The molecular weight excluding hydrogens is 858 g/mol. The van der Waals surface area contributed by atoms with E-state index < -0.39 is 26.5 Å². The molecule has 0 aromatic carbocycles. The average Bonchev–Trinajstić information content (AvgIpc) is 3.32. The van der Waals surface area contributed by atoms with Gasteiger partial charge in [-0.1, -0.05) is 256 Å². The van der Waals surface area contributed by atoms with Gasteiger partial charge in [-0.25, -0.2) is 4.57 Å². The highest BCUT2D eigenvalue weighted by atomic mass is 31.2. The summed E-state index contributed by atoms with van der Waals surface area (Å²) in [6.45, 7) is 3.58. The van der Waals surface area contributed by atoms with Crippen molar-refractivity contribution in [2.75, 3.05) is 26.4 Å². The lowest BCUT2D eigenvalue weighted by atomic mass is 10.0. The van der Waals surface area contributed by atoms with Gasteiger partial charge in [0.25, 0.3) is 0 Å². The van der Waals surface area contributed by atoms with E-state index in [0.29, 0.717) is 6.42 Å². The molecule has 9 nitrogen and oxygen atoms in total. The molecule has 1 amide bonds. The maximum atomic E-state index is 12.2. The number of unbranched alkanes of at least 4 members (excludes halogenated alkanes) is 35. The number of rotatable bonds is 54. The van der Waals surface area contributed by atoms with Crippen LogP contribution in [0, 0.1) is 0 Å². The quantitative estimate of drug-likeness (QED) is 0.0238. The normalized spacial score (nSPS) is 13.3. The number of ether oxygens (including phenoxy) is 1. The molecule has 0 heterocycles. The molecule has 0 aromatic heterocycles. The molecule has 0 bridgehead atoms. The van der Waals surface area contributed by atoms with E-state index >= 15 is 0 Å². The molecule has 0 aliphatic rings. The van der Waals surface area contributed by atoms with Gasteiger partial charge in [0.15, 0.2) is 0 Å². The average molecular weight is 966 g/mol. The maximum Gasteiger partial charge on any atom is 0.472 e. The number of aliphatic hydroxyl groups is 1. The minimum Gasteiger partial charge on any atom is -0.463 e. The summed E-state index contributed by atoms with van der Waals surface area (Å²) < 4.78 is 27.1. The van der Waals surface area contributed by atoms with E-state index in [1.807, 2.05) is 0 Å². The number of esters is 1. The van der Waals surface area contributed by atoms with Crippen molar-refractivity contribution in [1.29, 1.82) is 0 Å². The van der Waals surface area contributed by atoms with Gasteiger partial charge < -0.3 is 20.1 Å². The van der Waals surface area contributed by atoms with Crippen molar-refractivity contribution in [3.8, 4) is 0 Å². The molecule has 0 saturated carbocycles. The molecule has 0 rings (SSSR count). The molecule has 2 unspecified atom stereocenters. The molecule has 0 aliphatic carbocycles. The van der Waals surface area contributed by atoms with Gasteiger partial charge in [0.05, 0.1) is 13.2 Å². The van der Waals surface area contributed by atoms with Crippen molar-refractivity contribution in [2.45, 2.75) is 290 Å². The van der Waals surface area contributed by atoms with Crippen molar-refractivity contribution in [2.24, 2.45) is 0 Å². The molecule has 394 valence electrons. The van der Waals surface area contributed by atoms with E-state index in [1.165, 1.54) is 205 Å². The molecular formula is C57H108NO8P. The van der Waals surface area contributed by atoms with Crippen LogP contribution in [0.3, 0.4) is 0 Å². The first kappa shape index (κ1) is 65.2. The molecule has 0 fully saturated rings. The van der Waals surface area contributed by atoms with Crippen LogP contribution in [0.4, 0.5) is 0 Å². The van der Waals surface area contributed by atoms with Gasteiger partial charge in [0.1, 0.15) is 12.7 Å². The van der Waals surface area contributed by atoms with E-state index in [1.54, 1.807) is 0 Å². The highest BCUT2D eigenvalue weighted by Crippen LogP contribution is 2.42. The zero-order chi connectivity index (χ0) is 48.8. The highest BCUT2D eigenvalue weighted by molar-refractivity contribution is 7.47. The Morgan fingerprint density at radius 3 is 1.24 bits per heavy atom. The highest BCUT2D eigenvalue weighted by Gasteiger charge is 2.23. The van der Waals surface area contributed by atoms with Crippen LogP contribution in [0.1, 0.15) is 284 Å². The molecule has 0 spiro atoms. The third-order valence-electron chi connectivity index (χ3n) is 12.6. The largest absolute Gasteiger partial charge is 0.472 e. The fourth-order valence-corrected chi connectivity index (χ4v) is 9.03. The number of allylic oxidation sites excluding steroid dienone is 6. The lowest BCUT2D eigenvalue weighted by molar-refractivity contribution is -0.147. The second kappa shape index (κ2) is 53.6. The van der Waals surface area contributed by atoms with Gasteiger partial charge in [0.2, 0.25) is 5.91 Å². The Labute approximate surface area is 413 Å². The van der Waals surface area contributed by atoms with Crippen molar-refractivity contribution in [1.82, 2.24) is 5.32 Å². The summed E-state index contributed by atoms with van der Waals surface area (Å²) in [6.07, 6.45) is 63.8. The van der Waals surface area contributed by atoms with Crippen LogP contribution < -0.4 is 5.32 Å². The number of aliphatic hydroxyl groups excluding tert-OH is 1. The van der Waals surface area contributed by atoms with Crippen LogP contribution in [-0.2, 0) is 27.9 Å². The zero-order valence-corrected chi connectivity index (χ0v) is 44.8. The van der Waals surface area contributed by atoms with Gasteiger partial charge in [-0.05, 0) is 51.4 Å². The topological polar surface area (TPSA) is 131 Å². The lowest BCUT2D eigenvalue weighted by Crippen LogP contribution is -2.27. The molecule has 0 saturated heterocycles. The van der Waals surface area contributed by atoms with E-state index in [9.17, 15) is 24.2 Å². The summed E-state index contributed by atoms with van der Waals surface area (Å²) in [5.74, 6) is -0.508. The number of phosphoric acid groups is 1. The maximum absolute atomic E-state index is 12.2. The molecule has 0 aliphatic heterocycles. The van der Waals surface area contributed by atoms with Crippen LogP contribution in [0.5, 0.6) is 0 Å². The predicted molar refractivity (Wildman–Crippen MR) is 284 cm³/mol. The van der Waals surface area contributed by atoms with Crippen LogP contribution in [0.15, 0.2) is 36.5 Å². The summed E-state index contributed by atoms with van der Waals surface area (Å²) in [6, 6.07) is 0. The van der Waals surface area contributed by atoms with Crippen LogP contribution >= 0.6 is 7.82 Å². The zero-order valence-electron chi connectivity index (χ0n) is 43.9. The molecule has 0 radical (unpaired) electrons. The first-order valence-electron chi connectivity index (χ1n) is 28.5. The van der Waals surface area contributed by atoms with Gasteiger partial charge in [-0.15, -0.1) is 0 Å². The third-order valence-corrected chi connectivity index (χ3v) is 13.6. The van der Waals surface area contributed by atoms with E-state index in [2.05, 4.69) is 55.6 Å². The molecule has 10 heteroatoms. The van der Waals surface area contributed by atoms with E-state index in [0.717, 1.165) is 51.4 Å². The van der Waals surface area contributed by atoms with Crippen LogP contribution in [0.25, 0.3) is 0 Å². The first-order valence-corrected chi connectivity index (χ1v) is 30.0. The first-order chi connectivity index (χ1) is 32.8. The minimum atomic E-state index is -4.43. The number of amides is 1. The Morgan fingerprint density at radius 1 is 0.463 bits per heavy atom. The molecule has 2 atom stereocenters. The predicted octanol–water partition coefficient (Wildman–Crippen LogP) is 17.2. The third kappa shape index (κ3) is 55.0. The smallest absolute Gasteiger partial charge is 0.463 e. The summed E-state index contributed by atoms with van der Waals surface area (Å²) in [5, 5.41) is 12.8. The van der Waals surface area contributed by atoms with Crippen molar-refractivity contribution >= 4 is 19.7 Å². The number of hydrogen-bond donors (Lipinski definition) is 3. The van der Waals surface area contributed by atoms with E-state index in [-0.39, 0.29) is 32.1 Å². The van der Waals surface area contributed by atoms with Crippen molar-refractivity contribution in [3.63, 3.8) is 0 Å². The van der Waals surface area contributed by atoms with E-state index in [4.69, 9.17) is 13.8 Å². The SMILES string of the molecule is CCCCC/C=C\C/C=C\C/C=C\CCCCCCCCCCCCC(=O)NCCOP(=O)(O)OCC(O)COC(=O)CCCCCCCCCCCCCCCCCCCCCCCCC.